The summed E-state index contributed by atoms with van der Waals surface area (Å²) in [6, 6.07) is 9.02. The Bertz CT molecular complexity index is 1150. The molecule has 3 aromatic rings. The van der Waals surface area contributed by atoms with Gasteiger partial charge < -0.3 is 19.9 Å². The van der Waals surface area contributed by atoms with Gasteiger partial charge in [0.25, 0.3) is 0 Å². The molecule has 1 saturated heterocycles. The van der Waals surface area contributed by atoms with E-state index in [-0.39, 0.29) is 25.1 Å². The van der Waals surface area contributed by atoms with Crippen LogP contribution >= 0.6 is 0 Å². The molecule has 7 nitrogen and oxygen atoms in total. The highest BCUT2D eigenvalue weighted by Crippen LogP contribution is 2.36. The minimum atomic E-state index is -2.36. The zero-order valence-electron chi connectivity index (χ0n) is 21.6. The van der Waals surface area contributed by atoms with Gasteiger partial charge in [-0.05, 0) is 43.4 Å². The van der Waals surface area contributed by atoms with E-state index in [1.165, 1.54) is 5.56 Å². The van der Waals surface area contributed by atoms with E-state index in [9.17, 15) is 13.9 Å². The van der Waals surface area contributed by atoms with Gasteiger partial charge in [0, 0.05) is 75.1 Å². The molecule has 37 heavy (non-hydrogen) atoms. The van der Waals surface area contributed by atoms with Gasteiger partial charge in [-0.2, -0.15) is 4.98 Å². The van der Waals surface area contributed by atoms with E-state index in [1.54, 1.807) is 6.20 Å². The van der Waals surface area contributed by atoms with Gasteiger partial charge in [0.15, 0.2) is 0 Å². The summed E-state index contributed by atoms with van der Waals surface area (Å²) in [7, 11) is 0. The van der Waals surface area contributed by atoms with Crippen molar-refractivity contribution in [2.45, 2.75) is 64.1 Å². The summed E-state index contributed by atoms with van der Waals surface area (Å²) < 4.78 is 27.4. The topological polar surface area (TPSA) is 69.5 Å². The van der Waals surface area contributed by atoms with Crippen molar-refractivity contribution in [3.05, 3.63) is 42.2 Å². The van der Waals surface area contributed by atoms with Crippen molar-refractivity contribution in [2.24, 2.45) is 0 Å². The van der Waals surface area contributed by atoms with Crippen molar-refractivity contribution in [1.82, 2.24) is 24.3 Å². The summed E-state index contributed by atoms with van der Waals surface area (Å²) in [5.41, 5.74) is 4.30. The lowest BCUT2D eigenvalue weighted by Gasteiger charge is -2.34. The second kappa shape index (κ2) is 11.8. The maximum Gasteiger partial charge on any atom is 0.240 e. The standard InChI is InChI=1S/C28H38F2N6O/c1-2-34-13-15-35(16-14-34)18-20-3-5-21(6-4-20)25-19-36(22-7-9-23(37)10-8-22)27-24(25)17-32-28(33-27)31-12-11-26(29)30/h3-6,17,19,22-23,26,37H,2,7-16,18H2,1H3,(H,31,32,33)/t22-,23-. The number of aliphatic hydroxyl groups excluding tert-OH is 1. The van der Waals surface area contributed by atoms with Gasteiger partial charge in [-0.25, -0.2) is 13.8 Å². The molecular weight excluding hydrogens is 474 g/mol. The zero-order valence-corrected chi connectivity index (χ0v) is 21.6. The van der Waals surface area contributed by atoms with Crippen LogP contribution < -0.4 is 5.32 Å². The van der Waals surface area contributed by atoms with Crippen molar-refractivity contribution in [1.29, 1.82) is 0 Å². The van der Waals surface area contributed by atoms with Crippen LogP contribution in [-0.4, -0.2) is 81.2 Å². The lowest BCUT2D eigenvalue weighted by Crippen LogP contribution is -2.45. The third-order valence-corrected chi connectivity index (χ3v) is 7.86. The van der Waals surface area contributed by atoms with Crippen LogP contribution in [0.1, 0.15) is 50.6 Å². The highest BCUT2D eigenvalue weighted by atomic mass is 19.3. The summed E-state index contributed by atoms with van der Waals surface area (Å²) >= 11 is 0. The van der Waals surface area contributed by atoms with Crippen LogP contribution in [0, 0.1) is 0 Å². The van der Waals surface area contributed by atoms with Crippen LogP contribution in [-0.2, 0) is 6.54 Å². The number of hydrogen-bond donors (Lipinski definition) is 2. The number of fused-ring (bicyclic) bond motifs is 1. The maximum atomic E-state index is 12.6. The Morgan fingerprint density at radius 2 is 1.73 bits per heavy atom. The summed E-state index contributed by atoms with van der Waals surface area (Å²) in [4.78, 5) is 14.2. The zero-order chi connectivity index (χ0) is 25.8. The Morgan fingerprint density at radius 1 is 1.03 bits per heavy atom. The number of benzene rings is 1. The Labute approximate surface area is 217 Å². The third-order valence-electron chi connectivity index (χ3n) is 7.86. The fourth-order valence-electron chi connectivity index (χ4n) is 5.56. The van der Waals surface area contributed by atoms with Crippen molar-refractivity contribution in [3.8, 4) is 11.1 Å². The molecular formula is C28H38F2N6O. The second-order valence-corrected chi connectivity index (χ2v) is 10.4. The average molecular weight is 513 g/mol. The van der Waals surface area contributed by atoms with Gasteiger partial charge in [-0.15, -0.1) is 0 Å². The van der Waals surface area contributed by atoms with Gasteiger partial charge in [-0.3, -0.25) is 4.90 Å². The molecule has 5 rings (SSSR count). The molecule has 200 valence electrons. The first-order valence-corrected chi connectivity index (χ1v) is 13.6. The minimum absolute atomic E-state index is 0.126. The molecule has 9 heteroatoms. The van der Waals surface area contributed by atoms with Crippen molar-refractivity contribution >= 4 is 17.0 Å². The maximum absolute atomic E-state index is 12.6. The highest BCUT2D eigenvalue weighted by Gasteiger charge is 2.24. The van der Waals surface area contributed by atoms with Crippen molar-refractivity contribution in [2.75, 3.05) is 44.6 Å². The predicted octanol–water partition coefficient (Wildman–Crippen LogP) is 4.78. The molecule has 2 aromatic heterocycles. The predicted molar refractivity (Wildman–Crippen MR) is 143 cm³/mol. The Kier molecular flexibility index (Phi) is 8.32. The Morgan fingerprint density at radius 3 is 2.41 bits per heavy atom. The molecule has 2 N–H and O–H groups in total. The molecule has 0 unspecified atom stereocenters. The fourth-order valence-corrected chi connectivity index (χ4v) is 5.56. The molecule has 0 atom stereocenters. The molecule has 2 aliphatic rings. The summed E-state index contributed by atoms with van der Waals surface area (Å²) in [6.07, 6.45) is 4.42. The number of rotatable bonds is 9. The van der Waals surface area contributed by atoms with Gasteiger partial charge in [-0.1, -0.05) is 31.2 Å². The number of anilines is 1. The van der Waals surface area contributed by atoms with Crippen LogP contribution in [0.4, 0.5) is 14.7 Å². The van der Waals surface area contributed by atoms with Gasteiger partial charge in [0.2, 0.25) is 12.4 Å². The summed E-state index contributed by atoms with van der Waals surface area (Å²) in [5.74, 6) is 0.369. The smallest absolute Gasteiger partial charge is 0.240 e. The molecule has 1 aliphatic carbocycles. The van der Waals surface area contributed by atoms with E-state index in [0.29, 0.717) is 5.95 Å². The number of piperazine rings is 1. The van der Waals surface area contributed by atoms with Crippen LogP contribution in [0.25, 0.3) is 22.2 Å². The van der Waals surface area contributed by atoms with Crippen LogP contribution in [0.5, 0.6) is 0 Å². The van der Waals surface area contributed by atoms with Crippen molar-refractivity contribution < 1.29 is 13.9 Å². The number of nitrogens with one attached hydrogen (secondary N) is 1. The first kappa shape index (κ1) is 26.0. The van der Waals surface area contributed by atoms with Crippen LogP contribution in [0.3, 0.4) is 0 Å². The Balaban J connectivity index is 1.38. The second-order valence-electron chi connectivity index (χ2n) is 10.4. The number of alkyl halides is 2. The minimum Gasteiger partial charge on any atom is -0.393 e. The molecule has 0 spiro atoms. The molecule has 0 bridgehead atoms. The van der Waals surface area contributed by atoms with Gasteiger partial charge >= 0.3 is 0 Å². The van der Waals surface area contributed by atoms with E-state index >= 15 is 0 Å². The normalized spacial score (nSPS) is 21.6. The molecule has 0 radical (unpaired) electrons. The molecule has 3 heterocycles. The van der Waals surface area contributed by atoms with E-state index in [2.05, 4.69) is 62.1 Å². The number of aliphatic hydroxyl groups is 1. The average Bonchev–Trinajstić information content (AvgIpc) is 3.29. The molecule has 1 aromatic carbocycles. The quantitative estimate of drug-likeness (QED) is 0.430. The number of hydrogen-bond acceptors (Lipinski definition) is 6. The summed E-state index contributed by atoms with van der Waals surface area (Å²) in [5, 5.41) is 13.9. The number of halogens is 2. The van der Waals surface area contributed by atoms with Crippen molar-refractivity contribution in [3.63, 3.8) is 0 Å². The lowest BCUT2D eigenvalue weighted by atomic mass is 9.93. The first-order chi connectivity index (χ1) is 18.0. The fraction of sp³-hybridized carbons (Fsp3) is 0.571. The van der Waals surface area contributed by atoms with E-state index in [4.69, 9.17) is 4.98 Å². The summed E-state index contributed by atoms with van der Waals surface area (Å²) in [6.45, 7) is 8.89. The third kappa shape index (κ3) is 6.27. The van der Waals surface area contributed by atoms with Gasteiger partial charge in [0.05, 0.1) is 6.10 Å². The number of likely N-dealkylation sites (N-methyl/N-ethyl adjacent to an activating group) is 1. The monoisotopic (exact) mass is 512 g/mol. The van der Waals surface area contributed by atoms with Crippen LogP contribution in [0.15, 0.2) is 36.7 Å². The molecule has 2 fully saturated rings. The lowest BCUT2D eigenvalue weighted by molar-refractivity contribution is 0.111. The number of aromatic nitrogens is 3. The largest absolute Gasteiger partial charge is 0.393 e. The van der Waals surface area contributed by atoms with E-state index in [0.717, 1.165) is 87.1 Å². The Hall–Kier alpha value is -2.62. The van der Waals surface area contributed by atoms with E-state index < -0.39 is 6.43 Å². The van der Waals surface area contributed by atoms with E-state index in [1.807, 2.05) is 0 Å². The van der Waals surface area contributed by atoms with Crippen LogP contribution in [0.2, 0.25) is 0 Å². The molecule has 1 saturated carbocycles. The molecule has 1 aliphatic heterocycles. The van der Waals surface area contributed by atoms with Gasteiger partial charge in [0.1, 0.15) is 5.65 Å². The SMILES string of the molecule is CCN1CCN(Cc2ccc(-c3cn([C@H]4CC[C@H](O)CC4)c4nc(NCCC(F)F)ncc34)cc2)CC1. The highest BCUT2D eigenvalue weighted by molar-refractivity contribution is 5.94. The first-order valence-electron chi connectivity index (χ1n) is 13.6. The number of nitrogens with zero attached hydrogens (tertiary/aromatic N) is 5. The molecule has 0 amide bonds.